The third-order valence-electron chi connectivity index (χ3n) is 2.05. The van der Waals surface area contributed by atoms with E-state index in [0.717, 1.165) is 0 Å². The maximum absolute atomic E-state index is 11.5. The second-order valence-corrected chi connectivity index (χ2v) is 4.41. The number of hydrogen-bond donors (Lipinski definition) is 1. The zero-order valence-corrected chi connectivity index (χ0v) is 8.90. The van der Waals surface area contributed by atoms with Gasteiger partial charge in [0.25, 0.3) is 5.56 Å². The molecule has 0 bridgehead atoms. The van der Waals surface area contributed by atoms with E-state index in [2.05, 4.69) is 19.9 Å². The van der Waals surface area contributed by atoms with Crippen molar-refractivity contribution in [3.05, 3.63) is 28.7 Å². The summed E-state index contributed by atoms with van der Waals surface area (Å²) >= 11 is 0. The Balaban J connectivity index is 2.76. The fraction of sp³-hybridized carbons (Fsp3) is 0.400. The summed E-state index contributed by atoms with van der Waals surface area (Å²) in [5.41, 5.74) is 0.466. The summed E-state index contributed by atoms with van der Waals surface area (Å²) in [7, 11) is 0. The summed E-state index contributed by atoms with van der Waals surface area (Å²) in [4.78, 5) is 26.4. The zero-order valence-electron chi connectivity index (χ0n) is 8.90. The molecular weight excluding hydrogens is 192 g/mol. The minimum Gasteiger partial charge on any atom is -0.311 e. The largest absolute Gasteiger partial charge is 0.311 e. The number of nitrogens with one attached hydrogen (secondary N) is 1. The third kappa shape index (κ3) is 1.72. The molecule has 0 unspecified atom stereocenters. The van der Waals surface area contributed by atoms with Crippen LogP contribution >= 0.6 is 0 Å². The molecule has 15 heavy (non-hydrogen) atoms. The Bertz CT molecular complexity index is 553. The molecule has 0 saturated heterocycles. The Kier molecular flexibility index (Phi) is 2.03. The highest BCUT2D eigenvalue weighted by Gasteiger charge is 2.18. The van der Waals surface area contributed by atoms with Gasteiger partial charge < -0.3 is 4.98 Å². The number of aromatic nitrogens is 4. The van der Waals surface area contributed by atoms with Crippen LogP contribution in [0.15, 0.2) is 17.3 Å². The Morgan fingerprint density at radius 1 is 1.27 bits per heavy atom. The molecule has 0 amide bonds. The molecule has 0 aliphatic rings. The Labute approximate surface area is 86.6 Å². The molecule has 5 nitrogen and oxygen atoms in total. The summed E-state index contributed by atoms with van der Waals surface area (Å²) < 4.78 is 0. The number of nitrogens with zero attached hydrogens (tertiary/aromatic N) is 3. The smallest absolute Gasteiger partial charge is 0.277 e. The van der Waals surface area contributed by atoms with Crippen molar-refractivity contribution in [2.45, 2.75) is 26.2 Å². The highest BCUT2D eigenvalue weighted by atomic mass is 16.1. The van der Waals surface area contributed by atoms with Crippen molar-refractivity contribution in [2.24, 2.45) is 0 Å². The van der Waals surface area contributed by atoms with Crippen LogP contribution in [0, 0.1) is 0 Å². The molecule has 2 rings (SSSR count). The first kappa shape index (κ1) is 9.76. The fourth-order valence-corrected chi connectivity index (χ4v) is 1.23. The number of aromatic amines is 1. The van der Waals surface area contributed by atoms with Gasteiger partial charge in [-0.15, -0.1) is 0 Å². The predicted octanol–water partition coefficient (Wildman–Crippen LogP) is 1.01. The standard InChI is InChI=1S/C10H12N4O/c1-10(2,3)9-11-4-6-7(14-9)8(15)13-5-12-6/h4-5H,1-3H3,(H,12,13,15). The highest BCUT2D eigenvalue weighted by Crippen LogP contribution is 2.18. The van der Waals surface area contributed by atoms with Crippen LogP contribution < -0.4 is 5.56 Å². The molecule has 0 spiro atoms. The number of H-pyrrole nitrogens is 1. The number of rotatable bonds is 0. The summed E-state index contributed by atoms with van der Waals surface area (Å²) in [5.74, 6) is 0.647. The summed E-state index contributed by atoms with van der Waals surface area (Å²) in [6.45, 7) is 6.00. The average Bonchev–Trinajstić information content (AvgIpc) is 2.16. The molecular formula is C10H12N4O. The van der Waals surface area contributed by atoms with E-state index in [4.69, 9.17) is 0 Å². The minimum atomic E-state index is -0.229. The van der Waals surface area contributed by atoms with Gasteiger partial charge in [-0.25, -0.2) is 15.0 Å². The van der Waals surface area contributed by atoms with Crippen LogP contribution in [0.1, 0.15) is 26.6 Å². The van der Waals surface area contributed by atoms with E-state index >= 15 is 0 Å². The fourth-order valence-electron chi connectivity index (χ4n) is 1.23. The molecule has 0 aromatic carbocycles. The topological polar surface area (TPSA) is 71.5 Å². The van der Waals surface area contributed by atoms with Crippen molar-refractivity contribution in [2.75, 3.05) is 0 Å². The van der Waals surface area contributed by atoms with Gasteiger partial charge in [0.2, 0.25) is 0 Å². The molecule has 1 N–H and O–H groups in total. The first-order valence-electron chi connectivity index (χ1n) is 4.69. The van der Waals surface area contributed by atoms with E-state index in [1.807, 2.05) is 20.8 Å². The minimum absolute atomic E-state index is 0.170. The van der Waals surface area contributed by atoms with Gasteiger partial charge in [-0.05, 0) is 0 Å². The van der Waals surface area contributed by atoms with Crippen molar-refractivity contribution >= 4 is 11.0 Å². The highest BCUT2D eigenvalue weighted by molar-refractivity contribution is 5.71. The van der Waals surface area contributed by atoms with Crippen LogP contribution in [-0.2, 0) is 5.41 Å². The van der Waals surface area contributed by atoms with Crippen molar-refractivity contribution in [3.63, 3.8) is 0 Å². The van der Waals surface area contributed by atoms with E-state index < -0.39 is 0 Å². The predicted molar refractivity (Wildman–Crippen MR) is 56.7 cm³/mol. The van der Waals surface area contributed by atoms with Gasteiger partial charge >= 0.3 is 0 Å². The molecule has 0 atom stereocenters. The van der Waals surface area contributed by atoms with Gasteiger partial charge in [0, 0.05) is 5.41 Å². The molecule has 2 heterocycles. The lowest BCUT2D eigenvalue weighted by molar-refractivity contribution is 0.548. The molecule has 0 aliphatic heterocycles. The third-order valence-corrected chi connectivity index (χ3v) is 2.05. The first-order valence-corrected chi connectivity index (χ1v) is 4.69. The van der Waals surface area contributed by atoms with Crippen molar-refractivity contribution in [1.29, 1.82) is 0 Å². The zero-order chi connectivity index (χ0) is 11.1. The van der Waals surface area contributed by atoms with E-state index in [1.54, 1.807) is 6.20 Å². The number of fused-ring (bicyclic) bond motifs is 1. The lowest BCUT2D eigenvalue weighted by Gasteiger charge is -2.15. The average molecular weight is 204 g/mol. The van der Waals surface area contributed by atoms with Crippen molar-refractivity contribution in [1.82, 2.24) is 19.9 Å². The van der Waals surface area contributed by atoms with Gasteiger partial charge in [-0.2, -0.15) is 0 Å². The summed E-state index contributed by atoms with van der Waals surface area (Å²) in [6, 6.07) is 0. The van der Waals surface area contributed by atoms with Crippen LogP contribution in [0.4, 0.5) is 0 Å². The molecule has 0 fully saturated rings. The Hall–Kier alpha value is -1.78. The van der Waals surface area contributed by atoms with E-state index in [1.165, 1.54) is 6.33 Å². The van der Waals surface area contributed by atoms with E-state index in [-0.39, 0.29) is 11.0 Å². The van der Waals surface area contributed by atoms with E-state index in [9.17, 15) is 4.79 Å². The quantitative estimate of drug-likeness (QED) is 0.695. The molecule has 0 radical (unpaired) electrons. The van der Waals surface area contributed by atoms with Crippen LogP contribution in [0.5, 0.6) is 0 Å². The molecule has 0 aliphatic carbocycles. The Morgan fingerprint density at radius 2 is 2.00 bits per heavy atom. The monoisotopic (exact) mass is 204 g/mol. The summed E-state index contributed by atoms with van der Waals surface area (Å²) in [6.07, 6.45) is 2.93. The van der Waals surface area contributed by atoms with Crippen LogP contribution in [-0.4, -0.2) is 19.9 Å². The van der Waals surface area contributed by atoms with Gasteiger partial charge in [-0.3, -0.25) is 4.79 Å². The normalized spacial score (nSPS) is 11.9. The molecule has 2 aromatic heterocycles. The van der Waals surface area contributed by atoms with Crippen molar-refractivity contribution in [3.8, 4) is 0 Å². The van der Waals surface area contributed by atoms with Crippen molar-refractivity contribution < 1.29 is 0 Å². The molecule has 5 heteroatoms. The van der Waals surface area contributed by atoms with Crippen LogP contribution in [0.25, 0.3) is 11.0 Å². The van der Waals surface area contributed by atoms with Gasteiger partial charge in [0.15, 0.2) is 5.52 Å². The number of hydrogen-bond acceptors (Lipinski definition) is 4. The van der Waals surface area contributed by atoms with Gasteiger partial charge in [0.05, 0.1) is 12.5 Å². The second kappa shape index (κ2) is 3.12. The Morgan fingerprint density at radius 3 is 2.67 bits per heavy atom. The maximum Gasteiger partial charge on any atom is 0.277 e. The lowest BCUT2D eigenvalue weighted by Crippen LogP contribution is -2.18. The molecule has 2 aromatic rings. The first-order chi connectivity index (χ1) is 6.98. The maximum atomic E-state index is 11.5. The molecule has 0 saturated carbocycles. The lowest BCUT2D eigenvalue weighted by atomic mass is 9.96. The van der Waals surface area contributed by atoms with Gasteiger partial charge in [-0.1, -0.05) is 20.8 Å². The second-order valence-electron chi connectivity index (χ2n) is 4.41. The van der Waals surface area contributed by atoms with Gasteiger partial charge in [0.1, 0.15) is 11.3 Å². The SMILES string of the molecule is CC(C)(C)c1ncc2nc[nH]c(=O)c2n1. The van der Waals surface area contributed by atoms with Crippen LogP contribution in [0.3, 0.4) is 0 Å². The molecule has 78 valence electrons. The van der Waals surface area contributed by atoms with E-state index in [0.29, 0.717) is 16.9 Å². The van der Waals surface area contributed by atoms with Crippen LogP contribution in [0.2, 0.25) is 0 Å². The summed E-state index contributed by atoms with van der Waals surface area (Å²) in [5, 5.41) is 0.